The maximum Gasteiger partial charge on any atom is 0.269 e. The predicted octanol–water partition coefficient (Wildman–Crippen LogP) is 2.63. The minimum Gasteiger partial charge on any atom is -0.339 e. The zero-order valence-electron chi connectivity index (χ0n) is 10.8. The van der Waals surface area contributed by atoms with Crippen LogP contribution in [-0.2, 0) is 6.42 Å². The van der Waals surface area contributed by atoms with Gasteiger partial charge >= 0.3 is 0 Å². The van der Waals surface area contributed by atoms with E-state index in [1.54, 1.807) is 36.7 Å². The molecule has 0 amide bonds. The molecule has 0 fully saturated rings. The van der Waals surface area contributed by atoms with Gasteiger partial charge < -0.3 is 4.52 Å². The molecule has 1 aromatic carbocycles. The van der Waals surface area contributed by atoms with Gasteiger partial charge in [0, 0.05) is 30.1 Å². The van der Waals surface area contributed by atoms with Gasteiger partial charge in [-0.1, -0.05) is 17.3 Å². The number of hydrogen-bond acceptors (Lipinski definition) is 6. The topological polar surface area (TPSA) is 95.0 Å². The Balaban J connectivity index is 1.77. The number of nitro groups is 1. The zero-order valence-corrected chi connectivity index (χ0v) is 10.8. The van der Waals surface area contributed by atoms with Crippen molar-refractivity contribution in [2.75, 3.05) is 0 Å². The van der Waals surface area contributed by atoms with E-state index in [1.165, 1.54) is 12.1 Å². The summed E-state index contributed by atoms with van der Waals surface area (Å²) in [4.78, 5) is 18.4. The van der Waals surface area contributed by atoms with Crippen LogP contribution in [0.4, 0.5) is 5.69 Å². The molecule has 7 heteroatoms. The Morgan fingerprint density at radius 1 is 1.10 bits per heavy atom. The standard InChI is InChI=1S/C14H10N4O3/c19-18(20)12-3-1-10(2-4-12)9-13-16-14(17-21-13)11-5-7-15-8-6-11/h1-8H,9H2. The Hall–Kier alpha value is -3.09. The van der Waals surface area contributed by atoms with Crippen molar-refractivity contribution in [3.8, 4) is 11.4 Å². The van der Waals surface area contributed by atoms with E-state index in [9.17, 15) is 10.1 Å². The molecular weight excluding hydrogens is 272 g/mol. The van der Waals surface area contributed by atoms with E-state index >= 15 is 0 Å². The molecule has 0 spiro atoms. The van der Waals surface area contributed by atoms with Crippen LogP contribution in [0.5, 0.6) is 0 Å². The average molecular weight is 282 g/mol. The van der Waals surface area contributed by atoms with Gasteiger partial charge in [0.05, 0.1) is 11.3 Å². The van der Waals surface area contributed by atoms with E-state index in [4.69, 9.17) is 4.52 Å². The summed E-state index contributed by atoms with van der Waals surface area (Å²) in [6.07, 6.45) is 3.74. The van der Waals surface area contributed by atoms with Gasteiger partial charge in [0.25, 0.3) is 5.69 Å². The largest absolute Gasteiger partial charge is 0.339 e. The fourth-order valence-electron chi connectivity index (χ4n) is 1.86. The van der Waals surface area contributed by atoms with Crippen LogP contribution in [0.3, 0.4) is 0 Å². The molecule has 104 valence electrons. The quantitative estimate of drug-likeness (QED) is 0.539. The van der Waals surface area contributed by atoms with Crippen LogP contribution in [0.2, 0.25) is 0 Å². The van der Waals surface area contributed by atoms with E-state index in [0.29, 0.717) is 18.1 Å². The number of nitrogens with zero attached hydrogens (tertiary/aromatic N) is 4. The second-order valence-electron chi connectivity index (χ2n) is 4.35. The van der Waals surface area contributed by atoms with Crippen LogP contribution in [-0.4, -0.2) is 20.0 Å². The van der Waals surface area contributed by atoms with Crippen LogP contribution in [0.1, 0.15) is 11.5 Å². The Morgan fingerprint density at radius 2 is 1.81 bits per heavy atom. The van der Waals surface area contributed by atoms with Gasteiger partial charge in [0.15, 0.2) is 0 Å². The summed E-state index contributed by atoms with van der Waals surface area (Å²) in [5, 5.41) is 14.5. The summed E-state index contributed by atoms with van der Waals surface area (Å²) >= 11 is 0. The minimum atomic E-state index is -0.433. The molecule has 0 bridgehead atoms. The lowest BCUT2D eigenvalue weighted by molar-refractivity contribution is -0.384. The molecule has 0 aliphatic carbocycles. The lowest BCUT2D eigenvalue weighted by Gasteiger charge is -1.96. The SMILES string of the molecule is O=[N+]([O-])c1ccc(Cc2nc(-c3ccncc3)no2)cc1. The van der Waals surface area contributed by atoms with Gasteiger partial charge in [0.2, 0.25) is 11.7 Å². The Kier molecular flexibility index (Phi) is 3.38. The van der Waals surface area contributed by atoms with Crippen molar-refractivity contribution in [1.82, 2.24) is 15.1 Å². The molecule has 7 nitrogen and oxygen atoms in total. The molecule has 3 rings (SSSR count). The van der Waals surface area contributed by atoms with Gasteiger partial charge in [-0.3, -0.25) is 15.1 Å². The maximum absolute atomic E-state index is 10.6. The Morgan fingerprint density at radius 3 is 2.48 bits per heavy atom. The average Bonchev–Trinajstić information content (AvgIpc) is 2.97. The molecule has 0 saturated heterocycles. The third-order valence-electron chi connectivity index (χ3n) is 2.91. The number of pyridine rings is 1. The number of aromatic nitrogens is 3. The minimum absolute atomic E-state index is 0.0572. The molecule has 2 heterocycles. The highest BCUT2D eigenvalue weighted by Gasteiger charge is 2.10. The van der Waals surface area contributed by atoms with Crippen LogP contribution >= 0.6 is 0 Å². The normalized spacial score (nSPS) is 10.5. The molecule has 0 aliphatic heterocycles. The smallest absolute Gasteiger partial charge is 0.269 e. The molecule has 0 radical (unpaired) electrons. The van der Waals surface area contributed by atoms with E-state index in [-0.39, 0.29) is 5.69 Å². The highest BCUT2D eigenvalue weighted by Crippen LogP contribution is 2.17. The summed E-state index contributed by atoms with van der Waals surface area (Å²) in [6.45, 7) is 0. The van der Waals surface area contributed by atoms with Crippen molar-refractivity contribution in [2.24, 2.45) is 0 Å². The van der Waals surface area contributed by atoms with Gasteiger partial charge in [-0.2, -0.15) is 4.98 Å². The highest BCUT2D eigenvalue weighted by atomic mass is 16.6. The number of hydrogen-bond donors (Lipinski definition) is 0. The van der Waals surface area contributed by atoms with E-state index in [1.807, 2.05) is 0 Å². The van der Waals surface area contributed by atoms with E-state index < -0.39 is 4.92 Å². The Bertz CT molecular complexity index is 753. The van der Waals surface area contributed by atoms with Crippen molar-refractivity contribution in [3.05, 3.63) is 70.4 Å². The van der Waals surface area contributed by atoms with Gasteiger partial charge in [-0.15, -0.1) is 0 Å². The number of rotatable bonds is 4. The number of benzene rings is 1. The maximum atomic E-state index is 10.6. The van der Waals surface area contributed by atoms with E-state index in [2.05, 4.69) is 15.1 Å². The molecular formula is C14H10N4O3. The van der Waals surface area contributed by atoms with Crippen LogP contribution < -0.4 is 0 Å². The summed E-state index contributed by atoms with van der Waals surface area (Å²) < 4.78 is 5.19. The third-order valence-corrected chi connectivity index (χ3v) is 2.91. The summed E-state index contributed by atoms with van der Waals surface area (Å²) in [5.41, 5.74) is 1.75. The second kappa shape index (κ2) is 5.49. The fourth-order valence-corrected chi connectivity index (χ4v) is 1.86. The molecule has 0 atom stereocenters. The van der Waals surface area contributed by atoms with Crippen molar-refractivity contribution in [3.63, 3.8) is 0 Å². The first-order valence-corrected chi connectivity index (χ1v) is 6.19. The highest BCUT2D eigenvalue weighted by molar-refractivity contribution is 5.52. The molecule has 0 N–H and O–H groups in total. The summed E-state index contributed by atoms with van der Waals surface area (Å²) in [7, 11) is 0. The third kappa shape index (κ3) is 2.92. The van der Waals surface area contributed by atoms with Crippen LogP contribution in [0.15, 0.2) is 53.3 Å². The van der Waals surface area contributed by atoms with Gasteiger partial charge in [-0.25, -0.2) is 0 Å². The van der Waals surface area contributed by atoms with Crippen LogP contribution in [0.25, 0.3) is 11.4 Å². The van der Waals surface area contributed by atoms with Crippen LogP contribution in [0, 0.1) is 10.1 Å². The second-order valence-corrected chi connectivity index (χ2v) is 4.35. The molecule has 3 aromatic rings. The van der Waals surface area contributed by atoms with E-state index in [0.717, 1.165) is 11.1 Å². The van der Waals surface area contributed by atoms with Crippen molar-refractivity contribution in [2.45, 2.75) is 6.42 Å². The lowest BCUT2D eigenvalue weighted by atomic mass is 10.1. The molecule has 0 saturated carbocycles. The van der Waals surface area contributed by atoms with Gasteiger partial charge in [-0.05, 0) is 17.7 Å². The molecule has 0 aliphatic rings. The fraction of sp³-hybridized carbons (Fsp3) is 0.0714. The number of nitro benzene ring substituents is 1. The first kappa shape index (κ1) is 12.9. The zero-order chi connectivity index (χ0) is 14.7. The predicted molar refractivity (Wildman–Crippen MR) is 73.4 cm³/mol. The summed E-state index contributed by atoms with van der Waals surface area (Å²) in [5.74, 6) is 0.949. The molecule has 2 aromatic heterocycles. The Labute approximate surface area is 119 Å². The number of non-ortho nitro benzene ring substituents is 1. The first-order valence-electron chi connectivity index (χ1n) is 6.19. The van der Waals surface area contributed by atoms with Crippen molar-refractivity contribution >= 4 is 5.69 Å². The lowest BCUT2D eigenvalue weighted by Crippen LogP contribution is -1.91. The monoisotopic (exact) mass is 282 g/mol. The van der Waals surface area contributed by atoms with Gasteiger partial charge in [0.1, 0.15) is 0 Å². The first-order chi connectivity index (χ1) is 10.2. The summed E-state index contributed by atoms with van der Waals surface area (Å²) in [6, 6.07) is 9.84. The van der Waals surface area contributed by atoms with Crippen molar-refractivity contribution < 1.29 is 9.45 Å². The molecule has 21 heavy (non-hydrogen) atoms. The van der Waals surface area contributed by atoms with Crippen molar-refractivity contribution in [1.29, 1.82) is 0 Å². The molecule has 0 unspecified atom stereocenters.